The van der Waals surface area contributed by atoms with Crippen LogP contribution in [0.15, 0.2) is 47.2 Å². The van der Waals surface area contributed by atoms with E-state index in [4.69, 9.17) is 0 Å². The van der Waals surface area contributed by atoms with Crippen LogP contribution >= 0.6 is 15.9 Å². The summed E-state index contributed by atoms with van der Waals surface area (Å²) >= 11 is 3.37. The highest BCUT2D eigenvalue weighted by Gasteiger charge is 2.08. The minimum atomic E-state index is -0.0845. The Morgan fingerprint density at radius 2 is 2.11 bits per heavy atom. The minimum Gasteiger partial charge on any atom is -0.348 e. The zero-order valence-electron chi connectivity index (χ0n) is 9.98. The van der Waals surface area contributed by atoms with Gasteiger partial charge in [0, 0.05) is 23.4 Å². The zero-order valence-corrected chi connectivity index (χ0v) is 11.6. The number of aryl methyl sites for hydroxylation is 1. The molecule has 2 rings (SSSR count). The molecule has 92 valence electrons. The number of hydrogen-bond acceptors (Lipinski definition) is 2. The van der Waals surface area contributed by atoms with Gasteiger partial charge >= 0.3 is 0 Å². The molecule has 1 N–H and O–H groups in total. The molecule has 2 aromatic rings. The lowest BCUT2D eigenvalue weighted by Crippen LogP contribution is -2.23. The lowest BCUT2D eigenvalue weighted by atomic mass is 10.1. The van der Waals surface area contributed by atoms with Crippen LogP contribution in [0.2, 0.25) is 0 Å². The van der Waals surface area contributed by atoms with Gasteiger partial charge in [0.15, 0.2) is 0 Å². The standard InChI is InChI=1S/C14H13BrN2O/c1-10-8-16-7-6-11(10)9-17-14(18)12-4-2-3-5-13(12)15/h2-8H,9H2,1H3,(H,17,18). The molecule has 0 bridgehead atoms. The average Bonchev–Trinajstić information content (AvgIpc) is 2.38. The lowest BCUT2D eigenvalue weighted by Gasteiger charge is -2.08. The second-order valence-electron chi connectivity index (χ2n) is 3.96. The molecule has 0 saturated carbocycles. The zero-order chi connectivity index (χ0) is 13.0. The van der Waals surface area contributed by atoms with Gasteiger partial charge in [-0.15, -0.1) is 0 Å². The van der Waals surface area contributed by atoms with Crippen LogP contribution in [0, 0.1) is 6.92 Å². The Balaban J connectivity index is 2.06. The SMILES string of the molecule is Cc1cnccc1CNC(=O)c1ccccc1Br. The first-order chi connectivity index (χ1) is 8.68. The third-order valence-corrected chi connectivity index (χ3v) is 3.39. The molecule has 1 heterocycles. The van der Waals surface area contributed by atoms with Crippen LogP contribution in [-0.2, 0) is 6.54 Å². The van der Waals surface area contributed by atoms with Gasteiger partial charge < -0.3 is 5.32 Å². The van der Waals surface area contributed by atoms with Crippen molar-refractivity contribution in [3.05, 3.63) is 63.9 Å². The van der Waals surface area contributed by atoms with Gasteiger partial charge in [-0.2, -0.15) is 0 Å². The second-order valence-corrected chi connectivity index (χ2v) is 4.82. The molecule has 3 nitrogen and oxygen atoms in total. The van der Waals surface area contributed by atoms with Crippen molar-refractivity contribution in [1.29, 1.82) is 0 Å². The molecule has 0 fully saturated rings. The highest BCUT2D eigenvalue weighted by molar-refractivity contribution is 9.10. The number of halogens is 1. The van der Waals surface area contributed by atoms with Crippen molar-refractivity contribution in [3.63, 3.8) is 0 Å². The van der Waals surface area contributed by atoms with Gasteiger partial charge in [0.05, 0.1) is 5.56 Å². The molecule has 4 heteroatoms. The Bertz CT molecular complexity index is 569. The van der Waals surface area contributed by atoms with Crippen LogP contribution in [0.25, 0.3) is 0 Å². The van der Waals surface area contributed by atoms with E-state index in [1.54, 1.807) is 18.5 Å². The van der Waals surface area contributed by atoms with Gasteiger partial charge in [-0.1, -0.05) is 12.1 Å². The fourth-order valence-corrected chi connectivity index (χ4v) is 2.08. The van der Waals surface area contributed by atoms with Gasteiger partial charge in [0.1, 0.15) is 0 Å². The van der Waals surface area contributed by atoms with Crippen molar-refractivity contribution < 1.29 is 4.79 Å². The van der Waals surface area contributed by atoms with Gasteiger partial charge in [0.25, 0.3) is 5.91 Å². The number of aromatic nitrogens is 1. The highest BCUT2D eigenvalue weighted by atomic mass is 79.9. The predicted octanol–water partition coefficient (Wildman–Crippen LogP) is 3.08. The average molecular weight is 305 g/mol. The van der Waals surface area contributed by atoms with Crippen molar-refractivity contribution in [2.24, 2.45) is 0 Å². The van der Waals surface area contributed by atoms with E-state index in [1.165, 1.54) is 0 Å². The van der Waals surface area contributed by atoms with E-state index >= 15 is 0 Å². The molecule has 0 atom stereocenters. The van der Waals surface area contributed by atoms with Crippen LogP contribution in [0.1, 0.15) is 21.5 Å². The van der Waals surface area contributed by atoms with Crippen molar-refractivity contribution >= 4 is 21.8 Å². The van der Waals surface area contributed by atoms with Crippen molar-refractivity contribution in [3.8, 4) is 0 Å². The topological polar surface area (TPSA) is 42.0 Å². The Morgan fingerprint density at radius 1 is 1.33 bits per heavy atom. The largest absolute Gasteiger partial charge is 0.348 e. The molecule has 0 unspecified atom stereocenters. The van der Waals surface area contributed by atoms with Gasteiger partial charge in [-0.25, -0.2) is 0 Å². The first kappa shape index (κ1) is 12.8. The van der Waals surface area contributed by atoms with E-state index < -0.39 is 0 Å². The number of carbonyl (C=O) groups is 1. The number of nitrogens with zero attached hydrogens (tertiary/aromatic N) is 1. The molecule has 1 amide bonds. The summed E-state index contributed by atoms with van der Waals surface area (Å²) in [6.07, 6.45) is 3.52. The third-order valence-electron chi connectivity index (χ3n) is 2.69. The van der Waals surface area contributed by atoms with Crippen LogP contribution in [0.3, 0.4) is 0 Å². The monoisotopic (exact) mass is 304 g/mol. The fraction of sp³-hybridized carbons (Fsp3) is 0.143. The maximum atomic E-state index is 12.0. The van der Waals surface area contributed by atoms with Gasteiger partial charge in [-0.3, -0.25) is 9.78 Å². The summed E-state index contributed by atoms with van der Waals surface area (Å²) in [5.74, 6) is -0.0845. The van der Waals surface area contributed by atoms with Crippen LogP contribution in [0.4, 0.5) is 0 Å². The molecule has 0 radical (unpaired) electrons. The summed E-state index contributed by atoms with van der Waals surface area (Å²) in [6.45, 7) is 2.49. The maximum absolute atomic E-state index is 12.0. The molecule has 0 aliphatic rings. The molecule has 1 aromatic heterocycles. The summed E-state index contributed by atoms with van der Waals surface area (Å²) in [4.78, 5) is 16.0. The van der Waals surface area contributed by atoms with E-state index in [-0.39, 0.29) is 5.91 Å². The molecule has 0 aliphatic heterocycles. The van der Waals surface area contributed by atoms with Crippen LogP contribution in [0.5, 0.6) is 0 Å². The second kappa shape index (κ2) is 5.78. The Morgan fingerprint density at radius 3 is 2.83 bits per heavy atom. The molecule has 1 aromatic carbocycles. The third kappa shape index (κ3) is 2.96. The molecule has 0 spiro atoms. The first-order valence-electron chi connectivity index (χ1n) is 5.60. The molecule has 18 heavy (non-hydrogen) atoms. The fourth-order valence-electron chi connectivity index (χ4n) is 1.62. The first-order valence-corrected chi connectivity index (χ1v) is 6.40. The lowest BCUT2D eigenvalue weighted by molar-refractivity contribution is 0.0950. The summed E-state index contributed by atoms with van der Waals surface area (Å²) in [5, 5.41) is 2.90. The number of benzene rings is 1. The van der Waals surface area contributed by atoms with Gasteiger partial charge in [-0.05, 0) is 52.2 Å². The normalized spacial score (nSPS) is 10.1. The molecule has 0 aliphatic carbocycles. The molecular weight excluding hydrogens is 292 g/mol. The molecular formula is C14H13BrN2O. The Kier molecular flexibility index (Phi) is 4.10. The summed E-state index contributed by atoms with van der Waals surface area (Å²) in [7, 11) is 0. The number of carbonyl (C=O) groups excluding carboxylic acids is 1. The van der Waals surface area contributed by atoms with E-state index in [0.29, 0.717) is 12.1 Å². The summed E-state index contributed by atoms with van der Waals surface area (Å²) in [6, 6.07) is 9.28. The number of rotatable bonds is 3. The van der Waals surface area contributed by atoms with Crippen LogP contribution < -0.4 is 5.32 Å². The maximum Gasteiger partial charge on any atom is 0.252 e. The Hall–Kier alpha value is -1.68. The quantitative estimate of drug-likeness (QED) is 0.947. The number of hydrogen-bond donors (Lipinski definition) is 1. The van der Waals surface area contributed by atoms with Crippen molar-refractivity contribution in [1.82, 2.24) is 10.3 Å². The number of nitrogens with one attached hydrogen (secondary N) is 1. The summed E-state index contributed by atoms with van der Waals surface area (Å²) < 4.78 is 0.800. The smallest absolute Gasteiger partial charge is 0.252 e. The van der Waals surface area contributed by atoms with E-state index in [1.807, 2.05) is 31.2 Å². The van der Waals surface area contributed by atoms with Crippen molar-refractivity contribution in [2.75, 3.05) is 0 Å². The summed E-state index contributed by atoms with van der Waals surface area (Å²) in [5.41, 5.74) is 2.79. The van der Waals surface area contributed by atoms with E-state index in [9.17, 15) is 4.79 Å². The number of amides is 1. The van der Waals surface area contributed by atoms with Gasteiger partial charge in [0.2, 0.25) is 0 Å². The molecule has 0 saturated heterocycles. The van der Waals surface area contributed by atoms with E-state index in [0.717, 1.165) is 15.6 Å². The van der Waals surface area contributed by atoms with Crippen molar-refractivity contribution in [2.45, 2.75) is 13.5 Å². The van der Waals surface area contributed by atoms with E-state index in [2.05, 4.69) is 26.2 Å². The predicted molar refractivity (Wildman–Crippen MR) is 74.3 cm³/mol. The minimum absolute atomic E-state index is 0.0845. The Labute approximate surface area is 114 Å². The highest BCUT2D eigenvalue weighted by Crippen LogP contribution is 2.15. The van der Waals surface area contributed by atoms with Crippen LogP contribution in [-0.4, -0.2) is 10.9 Å². The number of pyridine rings is 1.